The number of likely N-dealkylation sites (tertiary alicyclic amines) is 1. The highest BCUT2D eigenvalue weighted by Crippen LogP contribution is 2.24. The second-order valence-corrected chi connectivity index (χ2v) is 7.36. The van der Waals surface area contributed by atoms with Crippen LogP contribution in [0.1, 0.15) is 29.5 Å². The maximum atomic E-state index is 10.6. The number of anilines is 1. The number of aliphatic carboxylic acids is 1. The molecule has 0 radical (unpaired) electrons. The summed E-state index contributed by atoms with van der Waals surface area (Å²) in [7, 11) is 0. The molecule has 2 heterocycles. The summed E-state index contributed by atoms with van der Waals surface area (Å²) in [6.45, 7) is 5.15. The molecule has 27 heavy (non-hydrogen) atoms. The van der Waals surface area contributed by atoms with Crippen molar-refractivity contribution in [2.75, 3.05) is 18.4 Å². The minimum atomic E-state index is -0.995. The molecule has 1 aliphatic heterocycles. The van der Waals surface area contributed by atoms with Crippen LogP contribution in [-0.4, -0.2) is 40.1 Å². The number of hydrogen-bond donors (Lipinski definition) is 2. The number of nitrogens with one attached hydrogen (secondary N) is 1. The number of piperidine rings is 1. The lowest BCUT2D eigenvalue weighted by Crippen LogP contribution is -2.38. The van der Waals surface area contributed by atoms with E-state index >= 15 is 0 Å². The smallest absolute Gasteiger partial charge is 0.328 e. The van der Waals surface area contributed by atoms with Gasteiger partial charge in [0.15, 0.2) is 0 Å². The van der Waals surface area contributed by atoms with Gasteiger partial charge in [-0.2, -0.15) is 0 Å². The molecular formula is C21H24ClN3O2. The molecule has 2 aromatic rings. The second-order valence-electron chi connectivity index (χ2n) is 6.95. The number of carboxylic acid groups (broad SMARTS) is 1. The summed E-state index contributed by atoms with van der Waals surface area (Å²) in [6.07, 6.45) is 6.24. The lowest BCUT2D eigenvalue weighted by molar-refractivity contribution is -0.131. The van der Waals surface area contributed by atoms with Gasteiger partial charge >= 0.3 is 5.97 Å². The number of rotatable bonds is 6. The molecule has 1 aromatic heterocycles. The summed E-state index contributed by atoms with van der Waals surface area (Å²) in [5, 5.41) is 12.6. The molecular weight excluding hydrogens is 362 g/mol. The maximum absolute atomic E-state index is 10.6. The molecule has 1 aliphatic rings. The number of benzene rings is 1. The fourth-order valence-electron chi connectivity index (χ4n) is 3.20. The van der Waals surface area contributed by atoms with Gasteiger partial charge in [-0.3, -0.25) is 4.90 Å². The number of carbonyl (C=O) groups is 1. The number of halogens is 1. The molecule has 0 unspecified atom stereocenters. The molecule has 6 heteroatoms. The Balaban J connectivity index is 1.51. The molecule has 1 fully saturated rings. The van der Waals surface area contributed by atoms with Gasteiger partial charge in [0.25, 0.3) is 0 Å². The molecule has 0 saturated carbocycles. The second kappa shape index (κ2) is 9.02. The summed E-state index contributed by atoms with van der Waals surface area (Å²) < 4.78 is 0. The SMILES string of the molecule is Cc1ccc(CN2CCC(Nc3ncc(C=CC(=O)O)cc3Cl)CC2)cc1. The van der Waals surface area contributed by atoms with Crippen LogP contribution in [0.5, 0.6) is 0 Å². The molecule has 0 bridgehead atoms. The number of carboxylic acids is 1. The third-order valence-corrected chi connectivity index (χ3v) is 5.02. The van der Waals surface area contributed by atoms with E-state index in [1.54, 1.807) is 12.3 Å². The highest BCUT2D eigenvalue weighted by atomic mass is 35.5. The lowest BCUT2D eigenvalue weighted by atomic mass is 10.0. The van der Waals surface area contributed by atoms with E-state index in [0.29, 0.717) is 22.4 Å². The molecule has 1 aromatic carbocycles. The van der Waals surface area contributed by atoms with Gasteiger partial charge in [-0.1, -0.05) is 41.4 Å². The summed E-state index contributed by atoms with van der Waals surface area (Å²) in [5.41, 5.74) is 3.30. The van der Waals surface area contributed by atoms with Crippen molar-refractivity contribution in [2.24, 2.45) is 0 Å². The van der Waals surface area contributed by atoms with Gasteiger partial charge in [0.2, 0.25) is 0 Å². The van der Waals surface area contributed by atoms with Crippen molar-refractivity contribution in [3.63, 3.8) is 0 Å². The summed E-state index contributed by atoms with van der Waals surface area (Å²) in [4.78, 5) is 17.4. The topological polar surface area (TPSA) is 65.5 Å². The van der Waals surface area contributed by atoms with Crippen LogP contribution in [0, 0.1) is 6.92 Å². The molecule has 0 aliphatic carbocycles. The monoisotopic (exact) mass is 385 g/mol. The molecule has 3 rings (SSSR count). The molecule has 1 saturated heterocycles. The van der Waals surface area contributed by atoms with Gasteiger partial charge < -0.3 is 10.4 Å². The number of aromatic nitrogens is 1. The van der Waals surface area contributed by atoms with Crippen molar-refractivity contribution in [1.82, 2.24) is 9.88 Å². The highest BCUT2D eigenvalue weighted by Gasteiger charge is 2.20. The maximum Gasteiger partial charge on any atom is 0.328 e. The van der Waals surface area contributed by atoms with Crippen LogP contribution < -0.4 is 5.32 Å². The van der Waals surface area contributed by atoms with Gasteiger partial charge in [0, 0.05) is 37.9 Å². The molecule has 142 valence electrons. The Hall–Kier alpha value is -2.37. The Bertz CT molecular complexity index is 813. The van der Waals surface area contributed by atoms with Gasteiger partial charge in [-0.15, -0.1) is 0 Å². The minimum absolute atomic E-state index is 0.338. The Morgan fingerprint density at radius 1 is 1.33 bits per heavy atom. The summed E-state index contributed by atoms with van der Waals surface area (Å²) in [5.74, 6) is -0.341. The standard InChI is InChI=1S/C21H24ClN3O2/c1-15-2-4-16(5-3-15)14-25-10-8-18(9-11-25)24-21-19(22)12-17(13-23-21)6-7-20(26)27/h2-7,12-13,18H,8-11,14H2,1H3,(H,23,24)(H,26,27). The van der Waals surface area contributed by atoms with E-state index in [0.717, 1.165) is 38.6 Å². The average molecular weight is 386 g/mol. The molecule has 0 amide bonds. The van der Waals surface area contributed by atoms with Crippen LogP contribution in [0.2, 0.25) is 5.02 Å². The molecule has 0 atom stereocenters. The Morgan fingerprint density at radius 2 is 2.04 bits per heavy atom. The van der Waals surface area contributed by atoms with Crippen molar-refractivity contribution < 1.29 is 9.90 Å². The summed E-state index contributed by atoms with van der Waals surface area (Å²) in [6, 6.07) is 10.8. The van der Waals surface area contributed by atoms with E-state index in [4.69, 9.17) is 16.7 Å². The first-order valence-electron chi connectivity index (χ1n) is 9.10. The van der Waals surface area contributed by atoms with Crippen LogP contribution in [0.4, 0.5) is 5.82 Å². The van der Waals surface area contributed by atoms with Crippen molar-refractivity contribution in [3.05, 3.63) is 64.3 Å². The van der Waals surface area contributed by atoms with Crippen molar-refractivity contribution in [1.29, 1.82) is 0 Å². The van der Waals surface area contributed by atoms with E-state index in [9.17, 15) is 4.79 Å². The predicted octanol–water partition coefficient (Wildman–Crippen LogP) is 4.22. The quantitative estimate of drug-likeness (QED) is 0.729. The van der Waals surface area contributed by atoms with Gasteiger partial charge in [0.1, 0.15) is 5.82 Å². The first-order valence-corrected chi connectivity index (χ1v) is 9.48. The third-order valence-electron chi connectivity index (χ3n) is 4.74. The zero-order chi connectivity index (χ0) is 19.2. The van der Waals surface area contributed by atoms with Crippen molar-refractivity contribution >= 4 is 29.5 Å². The van der Waals surface area contributed by atoms with E-state index in [2.05, 4.69) is 46.4 Å². The number of pyridine rings is 1. The van der Waals surface area contributed by atoms with E-state index in [1.807, 2.05) is 0 Å². The fraction of sp³-hybridized carbons (Fsp3) is 0.333. The Kier molecular flexibility index (Phi) is 6.48. The zero-order valence-corrected chi connectivity index (χ0v) is 16.1. The largest absolute Gasteiger partial charge is 0.478 e. The Morgan fingerprint density at radius 3 is 2.67 bits per heavy atom. The van der Waals surface area contributed by atoms with Crippen molar-refractivity contribution in [2.45, 2.75) is 32.4 Å². The zero-order valence-electron chi connectivity index (χ0n) is 15.4. The van der Waals surface area contributed by atoms with E-state index in [-0.39, 0.29) is 0 Å². The van der Waals surface area contributed by atoms with Crippen LogP contribution in [0.15, 0.2) is 42.6 Å². The minimum Gasteiger partial charge on any atom is -0.478 e. The highest BCUT2D eigenvalue weighted by molar-refractivity contribution is 6.33. The molecule has 2 N–H and O–H groups in total. The molecule has 0 spiro atoms. The van der Waals surface area contributed by atoms with Crippen LogP contribution >= 0.6 is 11.6 Å². The van der Waals surface area contributed by atoms with Gasteiger partial charge in [0.05, 0.1) is 5.02 Å². The molecule has 5 nitrogen and oxygen atoms in total. The van der Waals surface area contributed by atoms with Crippen LogP contribution in [-0.2, 0) is 11.3 Å². The summed E-state index contributed by atoms with van der Waals surface area (Å²) >= 11 is 6.30. The van der Waals surface area contributed by atoms with E-state index < -0.39 is 5.97 Å². The first kappa shape index (κ1) is 19.4. The number of nitrogens with zero attached hydrogens (tertiary/aromatic N) is 2. The first-order chi connectivity index (χ1) is 13.0. The number of hydrogen-bond acceptors (Lipinski definition) is 4. The van der Waals surface area contributed by atoms with Gasteiger partial charge in [-0.05, 0) is 43.0 Å². The van der Waals surface area contributed by atoms with Crippen LogP contribution in [0.3, 0.4) is 0 Å². The lowest BCUT2D eigenvalue weighted by Gasteiger charge is -2.32. The third kappa shape index (κ3) is 5.81. The van der Waals surface area contributed by atoms with E-state index in [1.165, 1.54) is 17.2 Å². The van der Waals surface area contributed by atoms with Gasteiger partial charge in [-0.25, -0.2) is 9.78 Å². The fourth-order valence-corrected chi connectivity index (χ4v) is 3.43. The van der Waals surface area contributed by atoms with Crippen molar-refractivity contribution in [3.8, 4) is 0 Å². The average Bonchev–Trinajstić information content (AvgIpc) is 2.65. The normalized spacial score (nSPS) is 15.9. The van der Waals surface area contributed by atoms with Crippen LogP contribution in [0.25, 0.3) is 6.08 Å². The number of aryl methyl sites for hydroxylation is 1. The Labute approximate surface area is 164 Å². The predicted molar refractivity (Wildman–Crippen MR) is 109 cm³/mol.